The Morgan fingerprint density at radius 3 is 2.88 bits per heavy atom. The maximum Gasteiger partial charge on any atom is 0.237 e. The molecule has 1 aliphatic heterocycles. The molecule has 1 amide bonds. The Hall–Kier alpha value is -0.790. The highest BCUT2D eigenvalue weighted by Crippen LogP contribution is 2.24. The van der Waals surface area contributed by atoms with E-state index in [4.69, 9.17) is 22.1 Å². The van der Waals surface area contributed by atoms with Gasteiger partial charge in [-0.15, -0.1) is 0 Å². The molecule has 1 fully saturated rings. The first-order valence-corrected chi connectivity index (χ1v) is 9.98. The summed E-state index contributed by atoms with van der Waals surface area (Å²) in [6.45, 7) is 3.61. The Bertz CT molecular complexity index is 526. The monoisotopic (exact) mass is 371 g/mol. The van der Waals surface area contributed by atoms with Crippen molar-refractivity contribution >= 4 is 29.3 Å². The zero-order valence-electron chi connectivity index (χ0n) is 14.0. The number of halogens is 1. The number of carbonyl (C=O) groups is 1. The highest BCUT2D eigenvalue weighted by atomic mass is 35.5. The molecule has 134 valence electrons. The molecule has 0 spiro atoms. The highest BCUT2D eigenvalue weighted by Gasteiger charge is 2.24. The number of nitrogens with zero attached hydrogens (tertiary/aromatic N) is 1. The van der Waals surface area contributed by atoms with Crippen LogP contribution in [-0.2, 0) is 9.53 Å². The van der Waals surface area contributed by atoms with E-state index in [0.717, 1.165) is 24.4 Å². The van der Waals surface area contributed by atoms with Crippen molar-refractivity contribution in [1.29, 1.82) is 0 Å². The minimum Gasteiger partial charge on any atom is -0.379 e. The van der Waals surface area contributed by atoms with Gasteiger partial charge >= 0.3 is 0 Å². The van der Waals surface area contributed by atoms with Crippen LogP contribution >= 0.6 is 23.4 Å². The van der Waals surface area contributed by atoms with E-state index in [2.05, 4.69) is 10.2 Å². The van der Waals surface area contributed by atoms with E-state index in [9.17, 15) is 4.79 Å². The van der Waals surface area contributed by atoms with Crippen LogP contribution in [0.15, 0.2) is 24.3 Å². The molecule has 3 N–H and O–H groups in total. The van der Waals surface area contributed by atoms with E-state index in [0.29, 0.717) is 31.2 Å². The van der Waals surface area contributed by atoms with Crippen molar-refractivity contribution in [3.63, 3.8) is 0 Å². The fourth-order valence-corrected chi connectivity index (χ4v) is 3.45. The number of hydrogen-bond donors (Lipinski definition) is 2. The van der Waals surface area contributed by atoms with Gasteiger partial charge in [-0.3, -0.25) is 9.69 Å². The number of morpholine rings is 1. The van der Waals surface area contributed by atoms with E-state index >= 15 is 0 Å². The van der Waals surface area contributed by atoms with Gasteiger partial charge < -0.3 is 15.8 Å². The molecule has 0 radical (unpaired) electrons. The standard InChI is InChI=1S/C17H26ClN3O2S/c1-24-10-5-15(19)17(22)20-12-16(21-6-8-23-9-7-21)13-3-2-4-14(18)11-13/h2-4,11,15-16H,5-10,12,19H2,1H3,(H,20,22)/t15-,16?/m0/s1. The summed E-state index contributed by atoms with van der Waals surface area (Å²) in [6.07, 6.45) is 2.70. The lowest BCUT2D eigenvalue weighted by Crippen LogP contribution is -2.47. The van der Waals surface area contributed by atoms with Crippen LogP contribution < -0.4 is 11.1 Å². The molecule has 0 saturated carbocycles. The molecular formula is C17H26ClN3O2S. The zero-order valence-corrected chi connectivity index (χ0v) is 15.6. The van der Waals surface area contributed by atoms with Crippen molar-refractivity contribution in [2.75, 3.05) is 44.9 Å². The average Bonchev–Trinajstić information content (AvgIpc) is 2.60. The summed E-state index contributed by atoms with van der Waals surface area (Å²) in [7, 11) is 0. The topological polar surface area (TPSA) is 67.6 Å². The Balaban J connectivity index is 2.01. The summed E-state index contributed by atoms with van der Waals surface area (Å²) < 4.78 is 5.44. The molecule has 24 heavy (non-hydrogen) atoms. The lowest BCUT2D eigenvalue weighted by Gasteiger charge is -2.35. The third kappa shape index (κ3) is 5.93. The molecule has 1 aliphatic rings. The van der Waals surface area contributed by atoms with E-state index in [1.165, 1.54) is 0 Å². The lowest BCUT2D eigenvalue weighted by atomic mass is 10.0. The fourth-order valence-electron chi connectivity index (χ4n) is 2.77. The number of benzene rings is 1. The first-order valence-electron chi connectivity index (χ1n) is 8.21. The Labute approximate surface area is 153 Å². The largest absolute Gasteiger partial charge is 0.379 e. The third-order valence-electron chi connectivity index (χ3n) is 4.16. The van der Waals surface area contributed by atoms with Gasteiger partial charge in [0.05, 0.1) is 25.3 Å². The van der Waals surface area contributed by atoms with Crippen LogP contribution in [0.5, 0.6) is 0 Å². The van der Waals surface area contributed by atoms with Crippen LogP contribution in [0.3, 0.4) is 0 Å². The summed E-state index contributed by atoms with van der Waals surface area (Å²) >= 11 is 7.84. The van der Waals surface area contributed by atoms with Gasteiger partial charge in [0, 0.05) is 24.7 Å². The number of nitrogens with one attached hydrogen (secondary N) is 1. The third-order valence-corrected chi connectivity index (χ3v) is 5.04. The summed E-state index contributed by atoms with van der Waals surface area (Å²) in [6, 6.07) is 7.43. The molecule has 1 heterocycles. The minimum atomic E-state index is -0.456. The van der Waals surface area contributed by atoms with Crippen molar-refractivity contribution in [2.45, 2.75) is 18.5 Å². The van der Waals surface area contributed by atoms with Crippen molar-refractivity contribution in [3.8, 4) is 0 Å². The van der Waals surface area contributed by atoms with Crippen molar-refractivity contribution in [3.05, 3.63) is 34.9 Å². The van der Waals surface area contributed by atoms with Gasteiger partial charge in [-0.05, 0) is 36.1 Å². The molecule has 1 aromatic rings. The quantitative estimate of drug-likeness (QED) is 0.730. The number of hydrogen-bond acceptors (Lipinski definition) is 5. The smallest absolute Gasteiger partial charge is 0.237 e. The van der Waals surface area contributed by atoms with Crippen molar-refractivity contribution in [1.82, 2.24) is 10.2 Å². The van der Waals surface area contributed by atoms with Gasteiger partial charge in [0.15, 0.2) is 0 Å². The zero-order chi connectivity index (χ0) is 17.4. The number of nitrogens with two attached hydrogens (primary N) is 1. The van der Waals surface area contributed by atoms with Crippen LogP contribution in [0, 0.1) is 0 Å². The lowest BCUT2D eigenvalue weighted by molar-refractivity contribution is -0.122. The van der Waals surface area contributed by atoms with Crippen LogP contribution in [0.25, 0.3) is 0 Å². The Morgan fingerprint density at radius 1 is 1.46 bits per heavy atom. The molecular weight excluding hydrogens is 346 g/mol. The van der Waals surface area contributed by atoms with E-state index in [-0.39, 0.29) is 11.9 Å². The molecule has 0 aromatic heterocycles. The number of thioether (sulfide) groups is 1. The molecule has 0 bridgehead atoms. The minimum absolute atomic E-state index is 0.0734. The van der Waals surface area contributed by atoms with Gasteiger partial charge in [0.2, 0.25) is 5.91 Å². The molecule has 2 atom stereocenters. The predicted molar refractivity (Wildman–Crippen MR) is 101 cm³/mol. The second-order valence-corrected chi connectivity index (χ2v) is 7.27. The first kappa shape index (κ1) is 19.5. The normalized spacial score (nSPS) is 18.1. The van der Waals surface area contributed by atoms with E-state index < -0.39 is 6.04 Å². The maximum atomic E-state index is 12.2. The maximum absolute atomic E-state index is 12.2. The highest BCUT2D eigenvalue weighted by molar-refractivity contribution is 7.98. The molecule has 1 saturated heterocycles. The summed E-state index contributed by atoms with van der Waals surface area (Å²) in [5, 5.41) is 3.71. The molecule has 1 unspecified atom stereocenters. The van der Waals surface area contributed by atoms with Gasteiger partial charge in [-0.2, -0.15) is 11.8 Å². The number of rotatable bonds is 8. The van der Waals surface area contributed by atoms with Crippen LogP contribution in [0.1, 0.15) is 18.0 Å². The second-order valence-electron chi connectivity index (χ2n) is 5.85. The van der Waals surface area contributed by atoms with Crippen molar-refractivity contribution < 1.29 is 9.53 Å². The molecule has 0 aliphatic carbocycles. The Morgan fingerprint density at radius 2 is 2.21 bits per heavy atom. The molecule has 7 heteroatoms. The second kappa shape index (κ2) is 10.3. The SMILES string of the molecule is CSCC[C@H](N)C(=O)NCC(c1cccc(Cl)c1)N1CCOCC1. The molecule has 2 rings (SSSR count). The summed E-state index contributed by atoms with van der Waals surface area (Å²) in [5.74, 6) is 0.791. The molecule has 1 aromatic carbocycles. The van der Waals surface area contributed by atoms with E-state index in [1.54, 1.807) is 11.8 Å². The van der Waals surface area contributed by atoms with E-state index in [1.807, 2.05) is 30.5 Å². The van der Waals surface area contributed by atoms with Crippen LogP contribution in [-0.4, -0.2) is 61.7 Å². The molecule has 5 nitrogen and oxygen atoms in total. The van der Waals surface area contributed by atoms with Crippen molar-refractivity contribution in [2.24, 2.45) is 5.73 Å². The summed E-state index contributed by atoms with van der Waals surface area (Å²) in [5.41, 5.74) is 7.05. The van der Waals surface area contributed by atoms with Gasteiger partial charge in [-0.1, -0.05) is 23.7 Å². The Kier molecular flexibility index (Phi) is 8.35. The average molecular weight is 372 g/mol. The summed E-state index contributed by atoms with van der Waals surface area (Å²) in [4.78, 5) is 14.5. The van der Waals surface area contributed by atoms with Gasteiger partial charge in [-0.25, -0.2) is 0 Å². The van der Waals surface area contributed by atoms with Gasteiger partial charge in [0.25, 0.3) is 0 Å². The first-order chi connectivity index (χ1) is 11.6. The van der Waals surface area contributed by atoms with Crippen LogP contribution in [0.2, 0.25) is 5.02 Å². The van der Waals surface area contributed by atoms with Gasteiger partial charge in [0.1, 0.15) is 0 Å². The fraction of sp³-hybridized carbons (Fsp3) is 0.588. The number of ether oxygens (including phenoxy) is 1. The number of amides is 1. The predicted octanol–water partition coefficient (Wildman–Crippen LogP) is 1.91. The number of carbonyl (C=O) groups excluding carboxylic acids is 1. The van der Waals surface area contributed by atoms with Crippen LogP contribution in [0.4, 0.5) is 0 Å².